The van der Waals surface area contributed by atoms with Crippen molar-refractivity contribution in [1.82, 2.24) is 0 Å². The number of rotatable bonds is 5. The van der Waals surface area contributed by atoms with E-state index < -0.39 is 27.4 Å². The van der Waals surface area contributed by atoms with Crippen molar-refractivity contribution in [3.8, 4) is 5.75 Å². The van der Waals surface area contributed by atoms with Gasteiger partial charge in [-0.05, 0) is 6.92 Å². The Morgan fingerprint density at radius 3 is 2.00 bits per heavy atom. The molecule has 1 atom stereocenters. The minimum Gasteiger partial charge on any atom is -0.496 e. The van der Waals surface area contributed by atoms with Crippen molar-refractivity contribution < 1.29 is 19.7 Å². The lowest BCUT2D eigenvalue weighted by atomic mass is 10.2. The molecule has 0 heterocycles. The van der Waals surface area contributed by atoms with Crippen LogP contribution in [0.3, 0.4) is 0 Å². The Balaban J connectivity index is 3.49. The number of nitrogens with zero attached hydrogens (tertiary/aromatic N) is 2. The fraction of sp³-hybridized carbons (Fsp3) is 0.333. The van der Waals surface area contributed by atoms with E-state index in [-0.39, 0.29) is 11.4 Å². The summed E-state index contributed by atoms with van der Waals surface area (Å²) in [5.74, 6) is -0.00968. The smallest absolute Gasteiger partial charge is 0.303 e. The zero-order valence-corrected chi connectivity index (χ0v) is 9.61. The Bertz CT molecular complexity index is 452. The molecule has 2 N–H and O–H groups in total. The Morgan fingerprint density at radius 1 is 1.28 bits per heavy atom. The van der Waals surface area contributed by atoms with Gasteiger partial charge in [0.05, 0.1) is 29.1 Å². The van der Waals surface area contributed by atoms with Gasteiger partial charge >= 0.3 is 11.4 Å². The van der Waals surface area contributed by atoms with Gasteiger partial charge in [0.25, 0.3) is 0 Å². The maximum Gasteiger partial charge on any atom is 0.303 e. The number of ether oxygens (including phenoxy) is 1. The minimum absolute atomic E-state index is 0.00968. The first-order valence-electron chi connectivity index (χ1n) is 4.82. The molecule has 0 aliphatic carbocycles. The van der Waals surface area contributed by atoms with Gasteiger partial charge < -0.3 is 15.2 Å². The van der Waals surface area contributed by atoms with Gasteiger partial charge in [-0.1, -0.05) is 0 Å². The molecule has 0 amide bonds. The Hall–Kier alpha value is -2.42. The number of nitro benzene ring substituents is 2. The van der Waals surface area contributed by atoms with Crippen molar-refractivity contribution in [3.05, 3.63) is 32.4 Å². The average molecular weight is 257 g/mol. The number of anilines is 1. The molecule has 1 aromatic rings. The van der Waals surface area contributed by atoms with Crippen LogP contribution >= 0.6 is 0 Å². The molecule has 1 rings (SSSR count). The second kappa shape index (κ2) is 5.27. The lowest BCUT2D eigenvalue weighted by molar-refractivity contribution is -0.392. The predicted octanol–water partition coefficient (Wildman–Crippen LogP) is 1.26. The molecule has 0 spiro atoms. The maximum absolute atomic E-state index is 10.9. The third-order valence-corrected chi connectivity index (χ3v) is 2.05. The average Bonchev–Trinajstić information content (AvgIpc) is 2.27. The van der Waals surface area contributed by atoms with Crippen molar-refractivity contribution in [2.75, 3.05) is 12.4 Å². The summed E-state index contributed by atoms with van der Waals surface area (Å²) in [5, 5.41) is 33.1. The van der Waals surface area contributed by atoms with E-state index in [1.54, 1.807) is 0 Å². The summed E-state index contributed by atoms with van der Waals surface area (Å²) in [6, 6.07) is 2.08. The molecule has 1 aromatic carbocycles. The molecule has 9 heteroatoms. The van der Waals surface area contributed by atoms with Crippen LogP contribution in [-0.4, -0.2) is 28.3 Å². The topological polar surface area (TPSA) is 128 Å². The monoisotopic (exact) mass is 257 g/mol. The van der Waals surface area contributed by atoms with Crippen LogP contribution in [0.15, 0.2) is 12.1 Å². The Labute approximate surface area is 101 Å². The van der Waals surface area contributed by atoms with Crippen LogP contribution in [0.5, 0.6) is 5.75 Å². The molecule has 1 unspecified atom stereocenters. The first-order chi connectivity index (χ1) is 8.36. The highest BCUT2D eigenvalue weighted by molar-refractivity contribution is 5.76. The van der Waals surface area contributed by atoms with Gasteiger partial charge in [0.2, 0.25) is 0 Å². The molecule has 0 bridgehead atoms. The molecule has 0 aliphatic heterocycles. The number of benzene rings is 1. The molecule has 0 saturated carbocycles. The van der Waals surface area contributed by atoms with Crippen LogP contribution in [0.4, 0.5) is 17.1 Å². The van der Waals surface area contributed by atoms with Crippen molar-refractivity contribution in [2.45, 2.75) is 13.2 Å². The second-order valence-corrected chi connectivity index (χ2v) is 3.38. The quantitative estimate of drug-likeness (QED) is 0.461. The molecule has 98 valence electrons. The largest absolute Gasteiger partial charge is 0.496 e. The number of aliphatic hydroxyl groups is 1. The number of nitro groups is 2. The van der Waals surface area contributed by atoms with Gasteiger partial charge in [-0.15, -0.1) is 0 Å². The van der Waals surface area contributed by atoms with E-state index in [0.29, 0.717) is 0 Å². The summed E-state index contributed by atoms with van der Waals surface area (Å²) < 4.78 is 4.76. The second-order valence-electron chi connectivity index (χ2n) is 3.38. The summed E-state index contributed by atoms with van der Waals surface area (Å²) in [7, 11) is 1.24. The molecule has 0 aliphatic rings. The maximum atomic E-state index is 10.9. The molecule has 0 radical (unpaired) electrons. The van der Waals surface area contributed by atoms with Crippen LogP contribution < -0.4 is 10.1 Å². The van der Waals surface area contributed by atoms with Crippen molar-refractivity contribution >= 4 is 17.1 Å². The third-order valence-electron chi connectivity index (χ3n) is 2.05. The minimum atomic E-state index is -1.17. The Kier molecular flexibility index (Phi) is 4.00. The van der Waals surface area contributed by atoms with Gasteiger partial charge in [-0.3, -0.25) is 20.2 Å². The number of methoxy groups -OCH3 is 1. The highest BCUT2D eigenvalue weighted by Crippen LogP contribution is 2.38. The number of hydrogen-bond donors (Lipinski definition) is 2. The number of nitrogens with one attached hydrogen (secondary N) is 1. The van der Waals surface area contributed by atoms with E-state index in [1.165, 1.54) is 14.0 Å². The summed E-state index contributed by atoms with van der Waals surface area (Å²) in [6.07, 6.45) is -1.17. The van der Waals surface area contributed by atoms with Crippen LogP contribution in [0.25, 0.3) is 0 Å². The number of hydrogen-bond acceptors (Lipinski definition) is 7. The molecule has 18 heavy (non-hydrogen) atoms. The van der Waals surface area contributed by atoms with Crippen LogP contribution in [0.2, 0.25) is 0 Å². The van der Waals surface area contributed by atoms with Crippen molar-refractivity contribution in [1.29, 1.82) is 0 Å². The summed E-state index contributed by atoms with van der Waals surface area (Å²) >= 11 is 0. The fourth-order valence-corrected chi connectivity index (χ4v) is 1.35. The molecule has 0 aromatic heterocycles. The number of aliphatic hydroxyl groups excluding tert-OH is 1. The normalized spacial score (nSPS) is 11.7. The van der Waals surface area contributed by atoms with Gasteiger partial charge in [-0.2, -0.15) is 0 Å². The summed E-state index contributed by atoms with van der Waals surface area (Å²) in [6.45, 7) is 1.29. The van der Waals surface area contributed by atoms with Crippen molar-refractivity contribution in [2.24, 2.45) is 0 Å². The van der Waals surface area contributed by atoms with E-state index in [4.69, 9.17) is 9.84 Å². The molecular weight excluding hydrogens is 246 g/mol. The summed E-state index contributed by atoms with van der Waals surface area (Å²) in [4.78, 5) is 20.1. The standard InChI is InChI=1S/C9H11N3O6/c1-5(13)10-9-7(11(14)15)3-6(18-2)4-8(9)12(16)17/h3-5,10,13H,1-2H3. The van der Waals surface area contributed by atoms with Crippen LogP contribution in [0, 0.1) is 20.2 Å². The van der Waals surface area contributed by atoms with Gasteiger partial charge in [0.1, 0.15) is 12.0 Å². The molecule has 0 fully saturated rings. The first kappa shape index (κ1) is 13.6. The van der Waals surface area contributed by atoms with E-state index in [0.717, 1.165) is 12.1 Å². The zero-order valence-electron chi connectivity index (χ0n) is 9.61. The predicted molar refractivity (Wildman–Crippen MR) is 61.6 cm³/mol. The van der Waals surface area contributed by atoms with Crippen molar-refractivity contribution in [3.63, 3.8) is 0 Å². The zero-order chi connectivity index (χ0) is 13.9. The lowest BCUT2D eigenvalue weighted by Gasteiger charge is -2.11. The first-order valence-corrected chi connectivity index (χ1v) is 4.82. The van der Waals surface area contributed by atoms with E-state index >= 15 is 0 Å². The van der Waals surface area contributed by atoms with Crippen LogP contribution in [-0.2, 0) is 0 Å². The SMILES string of the molecule is COc1cc([N+](=O)[O-])c(NC(C)O)c([N+](=O)[O-])c1. The highest BCUT2D eigenvalue weighted by atomic mass is 16.6. The summed E-state index contributed by atoms with van der Waals surface area (Å²) in [5.41, 5.74) is -1.44. The van der Waals surface area contributed by atoms with Gasteiger partial charge in [0, 0.05) is 0 Å². The van der Waals surface area contributed by atoms with E-state index in [9.17, 15) is 20.2 Å². The third kappa shape index (κ3) is 2.83. The molecule has 9 nitrogen and oxygen atoms in total. The van der Waals surface area contributed by atoms with Gasteiger partial charge in [-0.25, -0.2) is 0 Å². The lowest BCUT2D eigenvalue weighted by Crippen LogP contribution is -2.16. The fourth-order valence-electron chi connectivity index (χ4n) is 1.35. The van der Waals surface area contributed by atoms with Gasteiger partial charge in [0.15, 0.2) is 5.69 Å². The van der Waals surface area contributed by atoms with E-state index in [1.807, 2.05) is 0 Å². The van der Waals surface area contributed by atoms with Crippen LogP contribution in [0.1, 0.15) is 6.92 Å². The molecule has 0 saturated heterocycles. The van der Waals surface area contributed by atoms with E-state index in [2.05, 4.69) is 5.32 Å². The molecular formula is C9H11N3O6. The Morgan fingerprint density at radius 2 is 1.72 bits per heavy atom. The highest BCUT2D eigenvalue weighted by Gasteiger charge is 2.27.